The third-order valence-electron chi connectivity index (χ3n) is 4.62. The number of guanidine groups is 1. The summed E-state index contributed by atoms with van der Waals surface area (Å²) in [6.45, 7) is 7.03. The van der Waals surface area contributed by atoms with E-state index in [0.717, 1.165) is 40.8 Å². The Hall–Kier alpha value is -2.59. The topological polar surface area (TPSA) is 72.7 Å². The molecule has 3 aromatic rings. The van der Waals surface area contributed by atoms with Crippen LogP contribution in [0.3, 0.4) is 0 Å². The van der Waals surface area contributed by atoms with Gasteiger partial charge in [0, 0.05) is 25.4 Å². The molecule has 0 atom stereocenters. The van der Waals surface area contributed by atoms with E-state index in [0.29, 0.717) is 26.3 Å². The lowest BCUT2D eigenvalue weighted by Crippen LogP contribution is -2.36. The Morgan fingerprint density at radius 3 is 2.62 bits per heavy atom. The fourth-order valence-electron chi connectivity index (χ4n) is 3.02. The van der Waals surface area contributed by atoms with Crippen LogP contribution in [0.15, 0.2) is 65.8 Å². The van der Waals surface area contributed by atoms with Gasteiger partial charge in [-0.3, -0.25) is 0 Å². The highest BCUT2D eigenvalue weighted by atomic mass is 127. The molecular formula is C24H32IN5O2. The van der Waals surface area contributed by atoms with Crippen LogP contribution in [-0.2, 0) is 17.8 Å². The van der Waals surface area contributed by atoms with Crippen LogP contribution in [0.4, 0.5) is 0 Å². The van der Waals surface area contributed by atoms with E-state index in [4.69, 9.17) is 14.5 Å². The number of rotatable bonds is 10. The molecule has 0 aliphatic rings. The molecule has 0 aliphatic heterocycles. The van der Waals surface area contributed by atoms with E-state index in [1.807, 2.05) is 60.3 Å². The van der Waals surface area contributed by atoms with Crippen molar-refractivity contribution in [1.29, 1.82) is 0 Å². The van der Waals surface area contributed by atoms with Gasteiger partial charge < -0.3 is 20.1 Å². The van der Waals surface area contributed by atoms with Crippen LogP contribution in [0.25, 0.3) is 5.69 Å². The lowest BCUT2D eigenvalue weighted by molar-refractivity contribution is 0.145. The summed E-state index contributed by atoms with van der Waals surface area (Å²) in [5, 5.41) is 11.3. The molecular weight excluding hydrogens is 517 g/mol. The van der Waals surface area contributed by atoms with Gasteiger partial charge in [0.25, 0.3) is 0 Å². The average Bonchev–Trinajstić information content (AvgIpc) is 3.26. The quantitative estimate of drug-likeness (QED) is 0.173. The Balaban J connectivity index is 0.00000363. The highest BCUT2D eigenvalue weighted by molar-refractivity contribution is 14.0. The van der Waals surface area contributed by atoms with Crippen molar-refractivity contribution < 1.29 is 9.47 Å². The summed E-state index contributed by atoms with van der Waals surface area (Å²) >= 11 is 0. The van der Waals surface area contributed by atoms with Crippen molar-refractivity contribution >= 4 is 29.9 Å². The standard InChI is InChI=1S/C24H31N5O2.HI/c1-4-25-24(26-17-20-11-10-19(2)16-23(20)31-15-14-30-3)27-18-21-12-13-29(28-21)22-8-6-5-7-9-22;/h5-13,16H,4,14-15,17-18H2,1-3H3,(H2,25,26,27);1H. The molecule has 1 aromatic heterocycles. The predicted molar refractivity (Wildman–Crippen MR) is 139 cm³/mol. The number of aromatic nitrogens is 2. The maximum Gasteiger partial charge on any atom is 0.191 e. The van der Waals surface area contributed by atoms with E-state index in [9.17, 15) is 0 Å². The molecule has 3 rings (SSSR count). The van der Waals surface area contributed by atoms with Crippen molar-refractivity contribution in [2.24, 2.45) is 4.99 Å². The molecule has 0 saturated heterocycles. The second kappa shape index (κ2) is 13.7. The summed E-state index contributed by atoms with van der Waals surface area (Å²) in [6.07, 6.45) is 1.96. The Labute approximate surface area is 207 Å². The second-order valence-electron chi connectivity index (χ2n) is 7.09. The largest absolute Gasteiger partial charge is 0.491 e. The third-order valence-corrected chi connectivity index (χ3v) is 4.62. The van der Waals surface area contributed by atoms with Gasteiger partial charge >= 0.3 is 0 Å². The molecule has 1 heterocycles. The van der Waals surface area contributed by atoms with Crippen molar-refractivity contribution in [2.75, 3.05) is 26.9 Å². The van der Waals surface area contributed by atoms with Crippen LogP contribution in [-0.4, -0.2) is 42.6 Å². The SMILES string of the molecule is CCNC(=NCc1ccc(C)cc1OCCOC)NCc1ccn(-c2ccccc2)n1.I. The molecule has 8 heteroatoms. The minimum absolute atomic E-state index is 0. The molecule has 7 nitrogen and oxygen atoms in total. The van der Waals surface area contributed by atoms with Gasteiger partial charge in [-0.1, -0.05) is 30.3 Å². The first-order valence-electron chi connectivity index (χ1n) is 10.5. The van der Waals surface area contributed by atoms with Crippen LogP contribution < -0.4 is 15.4 Å². The summed E-state index contributed by atoms with van der Waals surface area (Å²) in [6, 6.07) is 18.2. The normalized spacial score (nSPS) is 11.0. The number of aryl methyl sites for hydroxylation is 1. The molecule has 172 valence electrons. The summed E-state index contributed by atoms with van der Waals surface area (Å²) in [5.74, 6) is 1.58. The van der Waals surface area contributed by atoms with Gasteiger partial charge in [0.05, 0.1) is 31.1 Å². The van der Waals surface area contributed by atoms with Gasteiger partial charge in [0.2, 0.25) is 0 Å². The fraction of sp³-hybridized carbons (Fsp3) is 0.333. The van der Waals surface area contributed by atoms with E-state index in [1.165, 1.54) is 0 Å². The van der Waals surface area contributed by atoms with E-state index in [-0.39, 0.29) is 24.0 Å². The Bertz CT molecular complexity index is 976. The molecule has 32 heavy (non-hydrogen) atoms. The molecule has 2 aromatic carbocycles. The predicted octanol–water partition coefficient (Wildman–Crippen LogP) is 4.08. The van der Waals surface area contributed by atoms with E-state index >= 15 is 0 Å². The van der Waals surface area contributed by atoms with Crippen LogP contribution in [0.1, 0.15) is 23.7 Å². The summed E-state index contributed by atoms with van der Waals surface area (Å²) in [4.78, 5) is 4.73. The van der Waals surface area contributed by atoms with Gasteiger partial charge in [-0.25, -0.2) is 9.67 Å². The minimum Gasteiger partial charge on any atom is -0.491 e. The number of nitrogens with zero attached hydrogens (tertiary/aromatic N) is 3. The number of para-hydroxylation sites is 1. The van der Waals surface area contributed by atoms with Crippen LogP contribution >= 0.6 is 24.0 Å². The molecule has 0 fully saturated rings. The molecule has 0 saturated carbocycles. The number of nitrogens with one attached hydrogen (secondary N) is 2. The first kappa shape index (κ1) is 25.7. The van der Waals surface area contributed by atoms with Crippen molar-refractivity contribution in [3.8, 4) is 11.4 Å². The average molecular weight is 549 g/mol. The highest BCUT2D eigenvalue weighted by Gasteiger charge is 2.06. The zero-order valence-corrected chi connectivity index (χ0v) is 21.2. The van der Waals surface area contributed by atoms with Gasteiger partial charge in [0.15, 0.2) is 5.96 Å². The molecule has 0 unspecified atom stereocenters. The monoisotopic (exact) mass is 549 g/mol. The third kappa shape index (κ3) is 7.83. The Morgan fingerprint density at radius 2 is 1.88 bits per heavy atom. The van der Waals surface area contributed by atoms with E-state index in [2.05, 4.69) is 34.8 Å². The molecule has 0 amide bonds. The van der Waals surface area contributed by atoms with Gasteiger partial charge in [-0.05, 0) is 43.7 Å². The maximum absolute atomic E-state index is 5.88. The first-order valence-corrected chi connectivity index (χ1v) is 10.5. The number of benzene rings is 2. The van der Waals surface area contributed by atoms with Gasteiger partial charge in [0.1, 0.15) is 12.4 Å². The van der Waals surface area contributed by atoms with Crippen molar-refractivity contribution in [3.63, 3.8) is 0 Å². The lowest BCUT2D eigenvalue weighted by atomic mass is 10.1. The van der Waals surface area contributed by atoms with Crippen molar-refractivity contribution in [2.45, 2.75) is 26.9 Å². The lowest BCUT2D eigenvalue weighted by Gasteiger charge is -2.13. The second-order valence-corrected chi connectivity index (χ2v) is 7.09. The molecule has 0 bridgehead atoms. The van der Waals surface area contributed by atoms with Gasteiger partial charge in [-0.15, -0.1) is 24.0 Å². The van der Waals surface area contributed by atoms with Crippen LogP contribution in [0.5, 0.6) is 5.75 Å². The zero-order valence-electron chi connectivity index (χ0n) is 18.9. The first-order chi connectivity index (χ1) is 15.2. The Kier molecular flexibility index (Phi) is 11.0. The molecule has 0 spiro atoms. The zero-order chi connectivity index (χ0) is 21.9. The number of ether oxygens (including phenoxy) is 2. The van der Waals surface area contributed by atoms with Crippen LogP contribution in [0.2, 0.25) is 0 Å². The van der Waals surface area contributed by atoms with Crippen molar-refractivity contribution in [1.82, 2.24) is 20.4 Å². The van der Waals surface area contributed by atoms with E-state index in [1.54, 1.807) is 7.11 Å². The number of hydrogen-bond donors (Lipinski definition) is 2. The number of halogens is 1. The highest BCUT2D eigenvalue weighted by Crippen LogP contribution is 2.21. The molecule has 0 aliphatic carbocycles. The fourth-order valence-corrected chi connectivity index (χ4v) is 3.02. The number of aliphatic imine (C=N–C) groups is 1. The summed E-state index contributed by atoms with van der Waals surface area (Å²) in [7, 11) is 1.67. The molecule has 0 radical (unpaired) electrons. The smallest absolute Gasteiger partial charge is 0.191 e. The summed E-state index contributed by atoms with van der Waals surface area (Å²) in [5.41, 5.74) is 4.16. The Morgan fingerprint density at radius 1 is 1.06 bits per heavy atom. The van der Waals surface area contributed by atoms with Crippen LogP contribution in [0, 0.1) is 6.92 Å². The number of hydrogen-bond acceptors (Lipinski definition) is 4. The summed E-state index contributed by atoms with van der Waals surface area (Å²) < 4.78 is 12.8. The van der Waals surface area contributed by atoms with Crippen molar-refractivity contribution in [3.05, 3.63) is 77.6 Å². The maximum atomic E-state index is 5.88. The minimum atomic E-state index is 0. The van der Waals surface area contributed by atoms with Gasteiger partial charge in [-0.2, -0.15) is 5.10 Å². The molecule has 2 N–H and O–H groups in total. The van der Waals surface area contributed by atoms with E-state index < -0.39 is 0 Å². The number of methoxy groups -OCH3 is 1.